The van der Waals surface area contributed by atoms with Crippen molar-refractivity contribution in [2.24, 2.45) is 5.41 Å². The average Bonchev–Trinajstić information content (AvgIpc) is 2.46. The fourth-order valence-electron chi connectivity index (χ4n) is 2.59. The number of carboxylic acids is 1. The van der Waals surface area contributed by atoms with Crippen molar-refractivity contribution < 1.29 is 66.1 Å². The first-order valence-corrected chi connectivity index (χ1v) is 8.44. The number of carbonyl (C=O) groups is 2. The molecule has 0 N–H and O–H groups in total. The Morgan fingerprint density at radius 3 is 1.77 bits per heavy atom. The molecule has 0 aliphatic rings. The van der Waals surface area contributed by atoms with E-state index < -0.39 is 11.4 Å². The van der Waals surface area contributed by atoms with Crippen LogP contribution in [0.2, 0.25) is 0 Å². The second kappa shape index (κ2) is 14.0. The van der Waals surface area contributed by atoms with Gasteiger partial charge in [-0.05, 0) is 27.2 Å². The summed E-state index contributed by atoms with van der Waals surface area (Å²) in [4.78, 5) is 25.4. The third-order valence-electron chi connectivity index (χ3n) is 4.25. The Hall–Kier alpha value is 0.576. The Morgan fingerprint density at radius 2 is 1.36 bits per heavy atom. The summed E-state index contributed by atoms with van der Waals surface area (Å²) in [7, 11) is 0. The Kier molecular flexibility index (Phi) is 15.8. The number of carbonyl (C=O) groups excluding carboxylic acids is 2. The zero-order chi connectivity index (χ0) is 16.3. The van der Waals surface area contributed by atoms with E-state index in [2.05, 4.69) is 6.92 Å². The van der Waals surface area contributed by atoms with Gasteiger partial charge < -0.3 is 14.8 Å². The van der Waals surface area contributed by atoms with Crippen LogP contribution in [0.4, 0.5) is 0 Å². The van der Waals surface area contributed by atoms with Gasteiger partial charge in [-0.2, -0.15) is 0 Å². The molecule has 0 rings (SSSR count). The number of aliphatic carboxylic acids is 1. The minimum absolute atomic E-state index is 0. The molecular formula is C17H32KNO3. The van der Waals surface area contributed by atoms with Crippen LogP contribution in [0.5, 0.6) is 0 Å². The van der Waals surface area contributed by atoms with E-state index in [0.29, 0.717) is 19.5 Å². The van der Waals surface area contributed by atoms with Gasteiger partial charge in [0.05, 0.1) is 11.4 Å². The molecule has 0 bridgehead atoms. The maximum atomic E-state index is 12.4. The summed E-state index contributed by atoms with van der Waals surface area (Å²) in [6.45, 7) is 8.50. The monoisotopic (exact) mass is 337 g/mol. The van der Waals surface area contributed by atoms with E-state index in [1.807, 2.05) is 13.8 Å². The third kappa shape index (κ3) is 8.43. The van der Waals surface area contributed by atoms with Crippen molar-refractivity contribution in [2.45, 2.75) is 79.1 Å². The molecule has 5 heteroatoms. The maximum Gasteiger partial charge on any atom is 1.00 e. The molecule has 0 aromatic rings. The summed E-state index contributed by atoms with van der Waals surface area (Å²) in [5, 5.41) is 11.4. The van der Waals surface area contributed by atoms with Gasteiger partial charge in [0, 0.05) is 13.1 Å². The average molecular weight is 338 g/mol. The molecule has 0 aromatic heterocycles. The van der Waals surface area contributed by atoms with E-state index in [1.54, 1.807) is 4.90 Å². The van der Waals surface area contributed by atoms with Gasteiger partial charge >= 0.3 is 51.4 Å². The topological polar surface area (TPSA) is 60.4 Å². The molecule has 1 atom stereocenters. The molecule has 1 unspecified atom stereocenters. The summed E-state index contributed by atoms with van der Waals surface area (Å²) >= 11 is 0. The molecule has 0 aliphatic heterocycles. The minimum atomic E-state index is -1.38. The van der Waals surface area contributed by atoms with Gasteiger partial charge in [-0.15, -0.1) is 0 Å². The molecule has 0 fully saturated rings. The zero-order valence-electron chi connectivity index (χ0n) is 15.2. The Morgan fingerprint density at radius 1 is 0.909 bits per heavy atom. The van der Waals surface area contributed by atoms with Gasteiger partial charge in [-0.3, -0.25) is 4.79 Å². The van der Waals surface area contributed by atoms with Crippen molar-refractivity contribution in [3.8, 4) is 0 Å². The predicted octanol–water partition coefficient (Wildman–Crippen LogP) is -0.244. The van der Waals surface area contributed by atoms with Crippen LogP contribution in [0, 0.1) is 5.41 Å². The van der Waals surface area contributed by atoms with E-state index in [9.17, 15) is 14.7 Å². The van der Waals surface area contributed by atoms with E-state index in [-0.39, 0.29) is 57.3 Å². The predicted molar refractivity (Wildman–Crippen MR) is 83.7 cm³/mol. The summed E-state index contributed by atoms with van der Waals surface area (Å²) < 4.78 is 0. The van der Waals surface area contributed by atoms with Gasteiger partial charge in [-0.1, -0.05) is 51.9 Å². The molecule has 0 aromatic carbocycles. The van der Waals surface area contributed by atoms with Crippen molar-refractivity contribution in [1.29, 1.82) is 0 Å². The summed E-state index contributed by atoms with van der Waals surface area (Å²) in [6.07, 6.45) is 8.16. The van der Waals surface area contributed by atoms with Crippen LogP contribution in [0.3, 0.4) is 0 Å². The van der Waals surface area contributed by atoms with Crippen molar-refractivity contribution in [3.05, 3.63) is 0 Å². The smallest absolute Gasteiger partial charge is 0.549 e. The zero-order valence-corrected chi connectivity index (χ0v) is 18.4. The van der Waals surface area contributed by atoms with E-state index in [4.69, 9.17) is 0 Å². The van der Waals surface area contributed by atoms with Gasteiger partial charge in [0.15, 0.2) is 0 Å². The van der Waals surface area contributed by atoms with Crippen LogP contribution in [-0.4, -0.2) is 29.9 Å². The number of carboxylic acid groups (broad SMARTS) is 1. The first-order chi connectivity index (χ1) is 9.93. The van der Waals surface area contributed by atoms with Crippen molar-refractivity contribution >= 4 is 11.9 Å². The van der Waals surface area contributed by atoms with E-state index in [0.717, 1.165) is 19.3 Å². The molecule has 0 spiro atoms. The van der Waals surface area contributed by atoms with Crippen molar-refractivity contribution in [1.82, 2.24) is 4.90 Å². The van der Waals surface area contributed by atoms with Crippen LogP contribution in [-0.2, 0) is 9.59 Å². The minimum Gasteiger partial charge on any atom is -0.549 e. The largest absolute Gasteiger partial charge is 1.00 e. The molecule has 0 heterocycles. The second-order valence-corrected chi connectivity index (χ2v) is 5.97. The number of nitrogens with zero attached hydrogens (tertiary/aromatic N) is 1. The second-order valence-electron chi connectivity index (χ2n) is 5.97. The molecule has 4 nitrogen and oxygen atoms in total. The Bertz CT molecular complexity index is 319. The Balaban J connectivity index is 0. The van der Waals surface area contributed by atoms with Crippen LogP contribution < -0.4 is 56.5 Å². The third-order valence-corrected chi connectivity index (χ3v) is 4.25. The Labute approximate surface area is 178 Å². The SMILES string of the molecule is CCCCCCCCCC(C)(C(=O)[O-])C(=O)N(CC)CC.[K+]. The van der Waals surface area contributed by atoms with Crippen LogP contribution >= 0.6 is 0 Å². The molecule has 0 radical (unpaired) electrons. The number of hydrogen-bond donors (Lipinski definition) is 0. The molecule has 124 valence electrons. The van der Waals surface area contributed by atoms with Gasteiger partial charge in [0.2, 0.25) is 5.91 Å². The quantitative estimate of drug-likeness (QED) is 0.280. The van der Waals surface area contributed by atoms with E-state index in [1.165, 1.54) is 32.6 Å². The molecule has 0 aliphatic carbocycles. The van der Waals surface area contributed by atoms with E-state index >= 15 is 0 Å². The van der Waals surface area contributed by atoms with Crippen molar-refractivity contribution in [2.75, 3.05) is 13.1 Å². The molecule has 0 saturated carbocycles. The number of hydrogen-bond acceptors (Lipinski definition) is 3. The fourth-order valence-corrected chi connectivity index (χ4v) is 2.59. The van der Waals surface area contributed by atoms with Crippen LogP contribution in [0.25, 0.3) is 0 Å². The summed E-state index contributed by atoms with van der Waals surface area (Å²) in [5.41, 5.74) is -1.38. The van der Waals surface area contributed by atoms with Gasteiger partial charge in [0.1, 0.15) is 0 Å². The molecular weight excluding hydrogens is 305 g/mol. The molecule has 0 saturated heterocycles. The molecule has 22 heavy (non-hydrogen) atoms. The number of unbranched alkanes of at least 4 members (excludes halogenated alkanes) is 6. The normalized spacial score (nSPS) is 13.1. The fraction of sp³-hybridized carbons (Fsp3) is 0.882. The van der Waals surface area contributed by atoms with Gasteiger partial charge in [0.25, 0.3) is 0 Å². The first kappa shape index (κ1) is 24.8. The summed E-state index contributed by atoms with van der Waals surface area (Å²) in [5.74, 6) is -1.55. The maximum absolute atomic E-state index is 12.4. The summed E-state index contributed by atoms with van der Waals surface area (Å²) in [6, 6.07) is 0. The van der Waals surface area contributed by atoms with Crippen LogP contribution in [0.15, 0.2) is 0 Å². The van der Waals surface area contributed by atoms with Gasteiger partial charge in [-0.25, -0.2) is 0 Å². The van der Waals surface area contributed by atoms with Crippen molar-refractivity contribution in [3.63, 3.8) is 0 Å². The van der Waals surface area contributed by atoms with Crippen LogP contribution in [0.1, 0.15) is 79.1 Å². The number of amides is 1. The molecule has 1 amide bonds. The first-order valence-electron chi connectivity index (χ1n) is 8.44. The number of rotatable bonds is 12. The standard InChI is InChI=1S/C17H33NO3.K/c1-5-8-9-10-11-12-13-14-17(4,16(20)21)15(19)18(6-2)7-3;/h5-14H2,1-4H3,(H,20,21);/q;+1/p-1.